The van der Waals surface area contributed by atoms with Gasteiger partial charge in [0.25, 0.3) is 0 Å². The van der Waals surface area contributed by atoms with Crippen LogP contribution in [0.3, 0.4) is 0 Å². The van der Waals surface area contributed by atoms with Gasteiger partial charge in [-0.15, -0.1) is 0 Å². The van der Waals surface area contributed by atoms with Crippen molar-refractivity contribution in [2.24, 2.45) is 11.8 Å². The van der Waals surface area contributed by atoms with Crippen LogP contribution in [0.1, 0.15) is 24.8 Å². The Kier molecular flexibility index (Phi) is 5.74. The zero-order valence-corrected chi connectivity index (χ0v) is 14.9. The van der Waals surface area contributed by atoms with Crippen molar-refractivity contribution in [3.05, 3.63) is 35.9 Å². The van der Waals surface area contributed by atoms with E-state index >= 15 is 0 Å². The minimum atomic E-state index is -4.50. The van der Waals surface area contributed by atoms with Gasteiger partial charge in [-0.05, 0) is 24.8 Å². The maximum Gasteiger partial charge on any atom is 0.393 e. The van der Waals surface area contributed by atoms with E-state index < -0.39 is 35.9 Å². The van der Waals surface area contributed by atoms with Crippen molar-refractivity contribution < 1.29 is 27.9 Å². The Morgan fingerprint density at radius 2 is 1.81 bits per heavy atom. The maximum atomic E-state index is 13.6. The van der Waals surface area contributed by atoms with E-state index in [1.54, 1.807) is 4.90 Å². The summed E-state index contributed by atoms with van der Waals surface area (Å²) in [5.41, 5.74) is 0.882. The van der Waals surface area contributed by atoms with Gasteiger partial charge in [0.2, 0.25) is 5.91 Å². The molecule has 8 heteroatoms. The molecule has 1 unspecified atom stereocenters. The van der Waals surface area contributed by atoms with E-state index in [0.29, 0.717) is 19.4 Å². The van der Waals surface area contributed by atoms with Gasteiger partial charge in [0, 0.05) is 26.2 Å². The van der Waals surface area contributed by atoms with Crippen molar-refractivity contribution in [2.45, 2.75) is 38.0 Å². The van der Waals surface area contributed by atoms with Crippen molar-refractivity contribution >= 4 is 11.9 Å². The Morgan fingerprint density at radius 3 is 2.44 bits per heavy atom. The Hall–Kier alpha value is -2.09. The second kappa shape index (κ2) is 7.88. The molecule has 2 fully saturated rings. The van der Waals surface area contributed by atoms with Gasteiger partial charge < -0.3 is 10.0 Å². The SMILES string of the molecule is O=C(O)C1CCCCN1C(=O)[C@@H]1CN(Cc2ccccc2)C[C@H]1C(F)(F)F. The second-order valence-corrected chi connectivity index (χ2v) is 7.32. The lowest BCUT2D eigenvalue weighted by Crippen LogP contribution is -2.52. The fraction of sp³-hybridized carbons (Fsp3) is 0.579. The summed E-state index contributed by atoms with van der Waals surface area (Å²) in [7, 11) is 0. The molecular weight excluding hydrogens is 361 g/mol. The van der Waals surface area contributed by atoms with Crippen molar-refractivity contribution in [1.29, 1.82) is 0 Å². The third kappa shape index (κ3) is 4.43. The zero-order valence-electron chi connectivity index (χ0n) is 14.9. The minimum absolute atomic E-state index is 0.0132. The van der Waals surface area contributed by atoms with Crippen LogP contribution in [0.2, 0.25) is 0 Å². The molecule has 2 aliphatic heterocycles. The largest absolute Gasteiger partial charge is 0.480 e. The third-order valence-corrected chi connectivity index (χ3v) is 5.45. The van der Waals surface area contributed by atoms with E-state index in [1.807, 2.05) is 30.3 Å². The number of likely N-dealkylation sites (tertiary alicyclic amines) is 2. The summed E-state index contributed by atoms with van der Waals surface area (Å²) in [5, 5.41) is 9.35. The number of carboxylic acids is 1. The predicted molar refractivity (Wildman–Crippen MR) is 91.7 cm³/mol. The number of hydrogen-bond acceptors (Lipinski definition) is 3. The quantitative estimate of drug-likeness (QED) is 0.867. The molecule has 0 spiro atoms. The van der Waals surface area contributed by atoms with Crippen LogP contribution in [0.25, 0.3) is 0 Å². The van der Waals surface area contributed by atoms with Crippen molar-refractivity contribution in [3.63, 3.8) is 0 Å². The predicted octanol–water partition coefficient (Wildman–Crippen LogP) is 2.76. The highest BCUT2D eigenvalue weighted by Gasteiger charge is 2.53. The Balaban J connectivity index is 1.78. The summed E-state index contributed by atoms with van der Waals surface area (Å²) >= 11 is 0. The van der Waals surface area contributed by atoms with Gasteiger partial charge in [-0.2, -0.15) is 13.2 Å². The second-order valence-electron chi connectivity index (χ2n) is 7.32. The fourth-order valence-corrected chi connectivity index (χ4v) is 4.10. The van der Waals surface area contributed by atoms with Gasteiger partial charge >= 0.3 is 12.1 Å². The monoisotopic (exact) mass is 384 g/mol. The lowest BCUT2D eigenvalue weighted by atomic mass is 9.91. The molecule has 0 saturated carbocycles. The van der Waals surface area contributed by atoms with Gasteiger partial charge in [-0.3, -0.25) is 9.69 Å². The number of carbonyl (C=O) groups excluding carboxylic acids is 1. The van der Waals surface area contributed by atoms with Gasteiger partial charge in [-0.25, -0.2) is 4.79 Å². The molecule has 0 aromatic heterocycles. The third-order valence-electron chi connectivity index (χ3n) is 5.45. The van der Waals surface area contributed by atoms with Crippen LogP contribution >= 0.6 is 0 Å². The molecule has 1 amide bonds. The molecule has 5 nitrogen and oxygen atoms in total. The van der Waals surface area contributed by atoms with E-state index in [2.05, 4.69) is 0 Å². The number of alkyl halides is 3. The summed E-state index contributed by atoms with van der Waals surface area (Å²) in [5.74, 6) is -4.86. The fourth-order valence-electron chi connectivity index (χ4n) is 4.10. The molecule has 2 aliphatic rings. The van der Waals surface area contributed by atoms with Crippen LogP contribution in [0.15, 0.2) is 30.3 Å². The molecule has 27 heavy (non-hydrogen) atoms. The number of amides is 1. The number of piperidine rings is 1. The van der Waals surface area contributed by atoms with Crippen molar-refractivity contribution in [3.8, 4) is 0 Å². The van der Waals surface area contributed by atoms with E-state index in [-0.39, 0.29) is 26.1 Å². The smallest absolute Gasteiger partial charge is 0.393 e. The first-order valence-corrected chi connectivity index (χ1v) is 9.13. The van der Waals surface area contributed by atoms with Gasteiger partial charge in [-0.1, -0.05) is 30.3 Å². The number of aliphatic carboxylic acids is 1. The van der Waals surface area contributed by atoms with Crippen LogP contribution in [-0.2, 0) is 16.1 Å². The highest BCUT2D eigenvalue weighted by atomic mass is 19.4. The summed E-state index contributed by atoms with van der Waals surface area (Å²) in [6.07, 6.45) is -2.93. The van der Waals surface area contributed by atoms with Gasteiger partial charge in [0.05, 0.1) is 11.8 Å². The molecule has 1 aromatic rings. The zero-order chi connectivity index (χ0) is 19.6. The van der Waals surface area contributed by atoms with Crippen molar-refractivity contribution in [2.75, 3.05) is 19.6 Å². The first-order valence-electron chi connectivity index (χ1n) is 9.13. The van der Waals surface area contributed by atoms with E-state index in [1.165, 1.54) is 0 Å². The summed E-state index contributed by atoms with van der Waals surface area (Å²) < 4.78 is 40.8. The highest BCUT2D eigenvalue weighted by molar-refractivity contribution is 5.86. The Labute approximate surface area is 155 Å². The molecule has 0 aliphatic carbocycles. The number of carboxylic acid groups (broad SMARTS) is 1. The topological polar surface area (TPSA) is 60.9 Å². The molecule has 3 atom stereocenters. The van der Waals surface area contributed by atoms with Crippen molar-refractivity contribution in [1.82, 2.24) is 9.80 Å². The van der Waals surface area contributed by atoms with Gasteiger partial charge in [0.15, 0.2) is 0 Å². The molecule has 1 aromatic carbocycles. The van der Waals surface area contributed by atoms with Crippen LogP contribution in [0, 0.1) is 11.8 Å². The summed E-state index contributed by atoms with van der Waals surface area (Å²) in [6, 6.07) is 8.12. The molecular formula is C19H23F3N2O3. The average Bonchev–Trinajstić information content (AvgIpc) is 3.06. The highest BCUT2D eigenvalue weighted by Crippen LogP contribution is 2.39. The molecule has 0 bridgehead atoms. The normalized spacial score (nSPS) is 26.9. The maximum absolute atomic E-state index is 13.6. The van der Waals surface area contributed by atoms with E-state index in [9.17, 15) is 27.9 Å². The standard InChI is InChI=1S/C19H23F3N2O3/c20-19(21,22)15-12-23(10-13-6-2-1-3-7-13)11-14(15)17(25)24-9-5-4-8-16(24)18(26)27/h1-3,6-7,14-16H,4-5,8-12H2,(H,26,27)/t14-,15-,16?/m1/s1. The molecule has 2 heterocycles. The molecule has 0 radical (unpaired) electrons. The number of hydrogen-bond donors (Lipinski definition) is 1. The number of rotatable bonds is 4. The number of carbonyl (C=O) groups is 2. The molecule has 148 valence electrons. The number of halogens is 3. The Bertz CT molecular complexity index is 681. The first kappa shape index (κ1) is 19.7. The van der Waals surface area contributed by atoms with E-state index in [0.717, 1.165) is 10.5 Å². The molecule has 1 N–H and O–H groups in total. The lowest BCUT2D eigenvalue weighted by molar-refractivity contribution is -0.187. The van der Waals surface area contributed by atoms with Gasteiger partial charge in [0.1, 0.15) is 6.04 Å². The van der Waals surface area contributed by atoms with E-state index in [4.69, 9.17) is 0 Å². The first-order chi connectivity index (χ1) is 12.8. The number of benzene rings is 1. The average molecular weight is 384 g/mol. The van der Waals surface area contributed by atoms with Crippen LogP contribution in [0.4, 0.5) is 13.2 Å². The van der Waals surface area contributed by atoms with Crippen LogP contribution in [0.5, 0.6) is 0 Å². The Morgan fingerprint density at radius 1 is 1.11 bits per heavy atom. The van der Waals surface area contributed by atoms with Crippen LogP contribution < -0.4 is 0 Å². The molecule has 3 rings (SSSR count). The minimum Gasteiger partial charge on any atom is -0.480 e. The lowest BCUT2D eigenvalue weighted by Gasteiger charge is -2.36. The summed E-state index contributed by atoms with van der Waals surface area (Å²) in [4.78, 5) is 27.1. The number of nitrogens with zero attached hydrogens (tertiary/aromatic N) is 2. The van der Waals surface area contributed by atoms with Crippen LogP contribution in [-0.4, -0.2) is 58.6 Å². The molecule has 2 saturated heterocycles. The summed E-state index contributed by atoms with van der Waals surface area (Å²) in [6.45, 7) is 0.274.